The highest BCUT2D eigenvalue weighted by atomic mass is 16.7. The smallest absolute Gasteiger partial charge is 0.215 e. The monoisotopic (exact) mass is 426 g/mol. The lowest BCUT2D eigenvalue weighted by atomic mass is 9.52. The van der Waals surface area contributed by atoms with Crippen molar-refractivity contribution in [2.24, 2.45) is 22.7 Å². The first-order chi connectivity index (χ1) is 15.3. The maximum absolute atomic E-state index is 10.5. The van der Waals surface area contributed by atoms with Crippen LogP contribution < -0.4 is 0 Å². The van der Waals surface area contributed by atoms with E-state index in [1.807, 2.05) is 43.3 Å². The second-order valence-corrected chi connectivity index (χ2v) is 9.24. The molecule has 0 aromatic heterocycles. The average molecular weight is 427 g/mol. The van der Waals surface area contributed by atoms with Gasteiger partial charge in [-0.3, -0.25) is 5.41 Å². The van der Waals surface area contributed by atoms with Gasteiger partial charge < -0.3 is 9.47 Å². The zero-order valence-corrected chi connectivity index (χ0v) is 18.4. The zero-order chi connectivity index (χ0) is 23.1. The summed E-state index contributed by atoms with van der Waals surface area (Å²) in [7, 11) is 0. The Morgan fingerprint density at radius 1 is 1.19 bits per heavy atom. The van der Waals surface area contributed by atoms with E-state index in [1.165, 1.54) is 0 Å². The third-order valence-electron chi connectivity index (χ3n) is 7.48. The number of hydrogen-bond donors (Lipinski definition) is 1. The van der Waals surface area contributed by atoms with Crippen molar-refractivity contribution in [1.29, 1.82) is 21.2 Å². The molecule has 0 amide bonds. The van der Waals surface area contributed by atoms with Crippen LogP contribution in [0.1, 0.15) is 38.7 Å². The highest BCUT2D eigenvalue weighted by Gasteiger charge is 2.79. The van der Waals surface area contributed by atoms with Crippen LogP contribution in [0.25, 0.3) is 0 Å². The molecule has 2 heterocycles. The van der Waals surface area contributed by atoms with Gasteiger partial charge in [0.25, 0.3) is 0 Å². The van der Waals surface area contributed by atoms with Crippen molar-refractivity contribution in [3.8, 4) is 18.2 Å². The number of fused-ring (bicyclic) bond motifs is 2. The van der Waals surface area contributed by atoms with Gasteiger partial charge in [-0.05, 0) is 49.7 Å². The van der Waals surface area contributed by atoms with E-state index < -0.39 is 28.6 Å². The van der Waals surface area contributed by atoms with E-state index in [2.05, 4.69) is 24.8 Å². The van der Waals surface area contributed by atoms with Crippen LogP contribution in [0.4, 0.5) is 0 Å². The molecule has 5 atom stereocenters. The minimum atomic E-state index is -1.89. The number of nitrogens with one attached hydrogen (secondary N) is 1. The van der Waals surface area contributed by atoms with Crippen LogP contribution in [0.3, 0.4) is 0 Å². The summed E-state index contributed by atoms with van der Waals surface area (Å²) < 4.78 is 12.3. The van der Waals surface area contributed by atoms with Gasteiger partial charge in [-0.2, -0.15) is 15.8 Å². The van der Waals surface area contributed by atoms with E-state index in [0.29, 0.717) is 18.8 Å². The van der Waals surface area contributed by atoms with Gasteiger partial charge in [0.05, 0.1) is 24.1 Å². The van der Waals surface area contributed by atoms with Crippen LogP contribution >= 0.6 is 0 Å². The second kappa shape index (κ2) is 7.63. The topological polar surface area (TPSA) is 114 Å². The SMILES string of the molecule is C=C(C)C1CC=C(C2OC3(C)OC(=N)C(C#N)(C3Cc3ccccc3)C2(C#N)C#N)CC1. The summed E-state index contributed by atoms with van der Waals surface area (Å²) >= 11 is 0. The number of allylic oxidation sites excluding steroid dienone is 2. The first kappa shape index (κ1) is 21.8. The first-order valence-electron chi connectivity index (χ1n) is 10.9. The van der Waals surface area contributed by atoms with Gasteiger partial charge in [0.15, 0.2) is 5.41 Å². The molecule has 1 N–H and O–H groups in total. The molecular weight excluding hydrogens is 400 g/mol. The first-order valence-corrected chi connectivity index (χ1v) is 10.9. The number of benzene rings is 1. The Morgan fingerprint density at radius 3 is 2.41 bits per heavy atom. The molecule has 6 heteroatoms. The fourth-order valence-corrected chi connectivity index (χ4v) is 5.61. The molecule has 32 heavy (non-hydrogen) atoms. The molecule has 4 rings (SSSR count). The summed E-state index contributed by atoms with van der Waals surface area (Å²) in [6.45, 7) is 7.78. The average Bonchev–Trinajstić information content (AvgIpc) is 2.96. The molecule has 3 aliphatic rings. The van der Waals surface area contributed by atoms with Gasteiger partial charge in [-0.1, -0.05) is 48.6 Å². The normalized spacial score (nSPS) is 34.9. The number of ether oxygens (including phenoxy) is 2. The van der Waals surface area contributed by atoms with E-state index in [9.17, 15) is 15.8 Å². The van der Waals surface area contributed by atoms with E-state index >= 15 is 0 Å². The molecular formula is C26H26N4O2. The Labute approximate surface area is 188 Å². The Balaban J connectivity index is 1.84. The minimum absolute atomic E-state index is 0.346. The molecule has 0 spiro atoms. The molecule has 2 bridgehead atoms. The molecule has 2 aliphatic heterocycles. The lowest BCUT2D eigenvalue weighted by Gasteiger charge is -2.50. The van der Waals surface area contributed by atoms with E-state index in [-0.39, 0.29) is 5.90 Å². The number of nitrogens with zero attached hydrogens (tertiary/aromatic N) is 3. The maximum Gasteiger partial charge on any atom is 0.215 e. The highest BCUT2D eigenvalue weighted by Crippen LogP contribution is 2.64. The third kappa shape index (κ3) is 2.82. The van der Waals surface area contributed by atoms with Crippen molar-refractivity contribution >= 4 is 5.90 Å². The van der Waals surface area contributed by atoms with Gasteiger partial charge >= 0.3 is 0 Å². The summed E-state index contributed by atoms with van der Waals surface area (Å²) in [5.41, 5.74) is -0.778. The van der Waals surface area contributed by atoms with Crippen molar-refractivity contribution in [3.05, 3.63) is 59.7 Å². The minimum Gasteiger partial charge on any atom is -0.448 e. The third-order valence-corrected chi connectivity index (χ3v) is 7.48. The van der Waals surface area contributed by atoms with Crippen LogP contribution in [-0.4, -0.2) is 17.8 Å². The van der Waals surface area contributed by atoms with E-state index in [1.54, 1.807) is 6.92 Å². The fourth-order valence-electron chi connectivity index (χ4n) is 5.61. The molecule has 2 fully saturated rings. The molecule has 6 nitrogen and oxygen atoms in total. The van der Waals surface area contributed by atoms with Crippen molar-refractivity contribution in [3.63, 3.8) is 0 Å². The van der Waals surface area contributed by atoms with Gasteiger partial charge in [-0.25, -0.2) is 0 Å². The molecule has 1 aliphatic carbocycles. The molecule has 2 saturated heterocycles. The fraction of sp³-hybridized carbons (Fsp3) is 0.462. The number of rotatable bonds is 4. The molecule has 0 radical (unpaired) electrons. The summed E-state index contributed by atoms with van der Waals surface area (Å²) in [5.74, 6) is -1.99. The Morgan fingerprint density at radius 2 is 1.88 bits per heavy atom. The van der Waals surface area contributed by atoms with E-state index in [4.69, 9.17) is 14.9 Å². The molecule has 1 aromatic rings. The van der Waals surface area contributed by atoms with Crippen molar-refractivity contribution in [2.75, 3.05) is 0 Å². The van der Waals surface area contributed by atoms with Crippen LogP contribution in [0.2, 0.25) is 0 Å². The van der Waals surface area contributed by atoms with Gasteiger partial charge in [0.1, 0.15) is 6.10 Å². The zero-order valence-electron chi connectivity index (χ0n) is 18.4. The predicted octanol–water partition coefficient (Wildman–Crippen LogP) is 4.81. The lowest BCUT2D eigenvalue weighted by molar-refractivity contribution is -0.260. The second-order valence-electron chi connectivity index (χ2n) is 9.24. The molecule has 162 valence electrons. The van der Waals surface area contributed by atoms with Crippen molar-refractivity contribution in [2.45, 2.75) is 51.4 Å². The van der Waals surface area contributed by atoms with Crippen molar-refractivity contribution < 1.29 is 9.47 Å². The van der Waals surface area contributed by atoms with Crippen LogP contribution in [0, 0.1) is 62.1 Å². The van der Waals surface area contributed by atoms with Crippen LogP contribution in [0.15, 0.2) is 54.1 Å². The summed E-state index contributed by atoms with van der Waals surface area (Å²) in [6.07, 6.45) is 3.66. The molecule has 1 aromatic carbocycles. The summed E-state index contributed by atoms with van der Waals surface area (Å²) in [6, 6.07) is 16.0. The largest absolute Gasteiger partial charge is 0.448 e. The van der Waals surface area contributed by atoms with Crippen LogP contribution in [0.5, 0.6) is 0 Å². The highest BCUT2D eigenvalue weighted by molar-refractivity contribution is 5.89. The Hall–Kier alpha value is -3.40. The Kier molecular flexibility index (Phi) is 5.20. The Bertz CT molecular complexity index is 1110. The van der Waals surface area contributed by atoms with Gasteiger partial charge in [-0.15, -0.1) is 0 Å². The van der Waals surface area contributed by atoms with Crippen molar-refractivity contribution in [1.82, 2.24) is 0 Å². The molecule has 0 saturated carbocycles. The maximum atomic E-state index is 10.5. The molecule has 5 unspecified atom stereocenters. The summed E-state index contributed by atoms with van der Waals surface area (Å²) in [5, 5.41) is 39.9. The lowest BCUT2D eigenvalue weighted by Crippen LogP contribution is -2.63. The van der Waals surface area contributed by atoms with Gasteiger partial charge in [0.2, 0.25) is 17.1 Å². The number of nitriles is 3. The standard InChI is InChI=1S/C26H26N4O2/c1-17(2)19-9-11-20(12-10-19)22-25(14-27,15-28)26(16-29)21(13-18-7-5-4-6-8-18)24(3,31-22)32-23(26)30/h4-8,11,19,21-22,30H,1,9-10,12-13H2,2-3H3. The van der Waals surface area contributed by atoms with Gasteiger partial charge in [0, 0.05) is 6.92 Å². The predicted molar refractivity (Wildman–Crippen MR) is 118 cm³/mol. The van der Waals surface area contributed by atoms with Crippen LogP contribution in [-0.2, 0) is 15.9 Å². The van der Waals surface area contributed by atoms with E-state index in [0.717, 1.165) is 29.6 Å². The quantitative estimate of drug-likeness (QED) is 0.694. The number of hydrogen-bond acceptors (Lipinski definition) is 6. The summed E-state index contributed by atoms with van der Waals surface area (Å²) in [4.78, 5) is 0.